The minimum Gasteiger partial charge on any atom is -0.376 e. The van der Waals surface area contributed by atoms with Gasteiger partial charge in [0.05, 0.1) is 23.3 Å². The predicted octanol–water partition coefficient (Wildman–Crippen LogP) is 3.73. The molecular weight excluding hydrogens is 380 g/mol. The Morgan fingerprint density at radius 1 is 1.11 bits per heavy atom. The number of carbonyl (C=O) groups excluding carboxylic acids is 1. The Labute approximate surface area is 166 Å². The van der Waals surface area contributed by atoms with E-state index in [0.717, 1.165) is 68.2 Å². The maximum Gasteiger partial charge on any atom is 0.263 e. The number of rotatable bonds is 4. The molecule has 5 nitrogen and oxygen atoms in total. The van der Waals surface area contributed by atoms with E-state index >= 15 is 0 Å². The highest BCUT2D eigenvalue weighted by atomic mass is 32.2. The lowest BCUT2D eigenvalue weighted by atomic mass is 9.99. The van der Waals surface area contributed by atoms with Gasteiger partial charge in [-0.15, -0.1) is 11.3 Å². The maximum absolute atomic E-state index is 13.5. The molecule has 0 aromatic carbocycles. The summed E-state index contributed by atoms with van der Waals surface area (Å²) < 4.78 is 7.62. The zero-order valence-corrected chi connectivity index (χ0v) is 17.0. The molecule has 0 radical (unpaired) electrons. The SMILES string of the molecule is O=C1CCCC[C@@H]1Sc1nc2sc3c(c2c(=O)n1C[C@@H]1CCCO1)CCC3. The van der Waals surface area contributed by atoms with Gasteiger partial charge in [0.25, 0.3) is 5.56 Å². The summed E-state index contributed by atoms with van der Waals surface area (Å²) in [6.07, 6.45) is 8.90. The Hall–Kier alpha value is -1.18. The van der Waals surface area contributed by atoms with E-state index in [-0.39, 0.29) is 16.9 Å². The van der Waals surface area contributed by atoms with Crippen molar-refractivity contribution in [2.75, 3.05) is 6.61 Å². The first-order chi connectivity index (χ1) is 13.2. The monoisotopic (exact) mass is 404 g/mol. The molecule has 144 valence electrons. The van der Waals surface area contributed by atoms with Crippen molar-refractivity contribution in [1.82, 2.24) is 9.55 Å². The van der Waals surface area contributed by atoms with Crippen LogP contribution in [0.4, 0.5) is 0 Å². The largest absolute Gasteiger partial charge is 0.376 e. The molecule has 1 saturated carbocycles. The number of aryl methyl sites for hydroxylation is 2. The molecule has 2 fully saturated rings. The highest BCUT2D eigenvalue weighted by molar-refractivity contribution is 8.00. The zero-order chi connectivity index (χ0) is 18.4. The summed E-state index contributed by atoms with van der Waals surface area (Å²) in [4.78, 5) is 32.9. The van der Waals surface area contributed by atoms with Crippen molar-refractivity contribution in [2.24, 2.45) is 0 Å². The van der Waals surface area contributed by atoms with Gasteiger partial charge in [0, 0.05) is 17.9 Å². The molecule has 3 aliphatic rings. The number of ether oxygens (including phenoxy) is 1. The first-order valence-corrected chi connectivity index (χ1v) is 11.8. The van der Waals surface area contributed by atoms with Crippen molar-refractivity contribution in [2.45, 2.75) is 80.8 Å². The van der Waals surface area contributed by atoms with Crippen LogP contribution in [0.3, 0.4) is 0 Å². The second-order valence-electron chi connectivity index (χ2n) is 7.80. The summed E-state index contributed by atoms with van der Waals surface area (Å²) in [5, 5.41) is 1.47. The molecule has 5 rings (SSSR count). The first kappa shape index (κ1) is 17.9. The number of aromatic nitrogens is 2. The fraction of sp³-hybridized carbons (Fsp3) is 0.650. The summed E-state index contributed by atoms with van der Waals surface area (Å²) in [5.74, 6) is 0.304. The summed E-state index contributed by atoms with van der Waals surface area (Å²) in [6, 6.07) is 0. The van der Waals surface area contributed by atoms with Gasteiger partial charge in [-0.05, 0) is 50.5 Å². The summed E-state index contributed by atoms with van der Waals surface area (Å²) in [5.41, 5.74) is 1.29. The number of ketones is 1. The summed E-state index contributed by atoms with van der Waals surface area (Å²) in [7, 11) is 0. The number of Topliss-reactive ketones (excluding diaryl/α,β-unsaturated/α-hetero) is 1. The molecule has 2 aliphatic carbocycles. The second-order valence-corrected chi connectivity index (χ2v) is 10.1. The van der Waals surface area contributed by atoms with Gasteiger partial charge >= 0.3 is 0 Å². The Bertz CT molecular complexity index is 943. The molecule has 2 aromatic rings. The van der Waals surface area contributed by atoms with E-state index in [4.69, 9.17) is 9.72 Å². The number of thioether (sulfide) groups is 1. The smallest absolute Gasteiger partial charge is 0.263 e. The van der Waals surface area contributed by atoms with E-state index in [2.05, 4.69) is 0 Å². The molecule has 0 N–H and O–H groups in total. The van der Waals surface area contributed by atoms with E-state index in [1.165, 1.54) is 22.2 Å². The van der Waals surface area contributed by atoms with Crippen molar-refractivity contribution >= 4 is 39.1 Å². The topological polar surface area (TPSA) is 61.2 Å². The van der Waals surface area contributed by atoms with E-state index in [1.54, 1.807) is 11.3 Å². The van der Waals surface area contributed by atoms with Crippen molar-refractivity contribution in [3.63, 3.8) is 0 Å². The first-order valence-electron chi connectivity index (χ1n) is 10.1. The quantitative estimate of drug-likeness (QED) is 0.727. The minimum absolute atomic E-state index is 0.0642. The van der Waals surface area contributed by atoms with Crippen LogP contribution in [-0.4, -0.2) is 33.3 Å². The fourth-order valence-corrected chi connectivity index (χ4v) is 7.03. The number of carbonyl (C=O) groups is 1. The van der Waals surface area contributed by atoms with Gasteiger partial charge in [-0.3, -0.25) is 14.2 Å². The lowest BCUT2D eigenvalue weighted by molar-refractivity contribution is -0.119. The highest BCUT2D eigenvalue weighted by Gasteiger charge is 2.29. The van der Waals surface area contributed by atoms with Crippen LogP contribution in [0.15, 0.2) is 9.95 Å². The van der Waals surface area contributed by atoms with Crippen LogP contribution in [0, 0.1) is 0 Å². The van der Waals surface area contributed by atoms with Gasteiger partial charge in [-0.2, -0.15) is 0 Å². The van der Waals surface area contributed by atoms with Crippen LogP contribution in [0.1, 0.15) is 55.4 Å². The number of fused-ring (bicyclic) bond motifs is 3. The molecule has 1 saturated heterocycles. The Morgan fingerprint density at radius 3 is 2.85 bits per heavy atom. The maximum atomic E-state index is 13.5. The molecule has 0 amide bonds. The average molecular weight is 405 g/mol. The van der Waals surface area contributed by atoms with Gasteiger partial charge in [-0.1, -0.05) is 18.2 Å². The van der Waals surface area contributed by atoms with Crippen LogP contribution >= 0.6 is 23.1 Å². The van der Waals surface area contributed by atoms with Gasteiger partial charge in [0.15, 0.2) is 5.16 Å². The highest BCUT2D eigenvalue weighted by Crippen LogP contribution is 2.37. The molecule has 7 heteroatoms. The fourth-order valence-electron chi connectivity index (χ4n) is 4.50. The van der Waals surface area contributed by atoms with Gasteiger partial charge in [0.2, 0.25) is 0 Å². The lowest BCUT2D eigenvalue weighted by Gasteiger charge is -2.22. The Morgan fingerprint density at radius 2 is 2.04 bits per heavy atom. The van der Waals surface area contributed by atoms with Gasteiger partial charge in [0.1, 0.15) is 10.6 Å². The molecule has 27 heavy (non-hydrogen) atoms. The van der Waals surface area contributed by atoms with E-state index in [0.29, 0.717) is 23.9 Å². The normalized spacial score (nSPS) is 25.4. The van der Waals surface area contributed by atoms with Crippen LogP contribution in [0.2, 0.25) is 0 Å². The third kappa shape index (κ3) is 3.28. The predicted molar refractivity (Wildman–Crippen MR) is 108 cm³/mol. The van der Waals surface area contributed by atoms with Crippen molar-refractivity contribution in [3.05, 3.63) is 20.8 Å². The molecule has 0 bridgehead atoms. The molecule has 0 unspecified atom stereocenters. The van der Waals surface area contributed by atoms with E-state index in [1.807, 2.05) is 4.57 Å². The lowest BCUT2D eigenvalue weighted by Crippen LogP contribution is -2.30. The molecule has 3 heterocycles. The third-order valence-electron chi connectivity index (χ3n) is 5.95. The van der Waals surface area contributed by atoms with Crippen molar-refractivity contribution in [3.8, 4) is 0 Å². The second kappa shape index (κ2) is 7.33. The van der Waals surface area contributed by atoms with Crippen LogP contribution < -0.4 is 5.56 Å². The van der Waals surface area contributed by atoms with Crippen molar-refractivity contribution < 1.29 is 9.53 Å². The van der Waals surface area contributed by atoms with Crippen molar-refractivity contribution in [1.29, 1.82) is 0 Å². The van der Waals surface area contributed by atoms with Gasteiger partial charge in [-0.25, -0.2) is 4.98 Å². The summed E-state index contributed by atoms with van der Waals surface area (Å²) in [6.45, 7) is 1.32. The van der Waals surface area contributed by atoms with Crippen LogP contribution in [-0.2, 0) is 28.9 Å². The van der Waals surface area contributed by atoms with Gasteiger partial charge < -0.3 is 4.74 Å². The van der Waals surface area contributed by atoms with E-state index < -0.39 is 0 Å². The zero-order valence-electron chi connectivity index (χ0n) is 15.4. The number of hydrogen-bond donors (Lipinski definition) is 0. The van der Waals surface area contributed by atoms with Crippen LogP contribution in [0.25, 0.3) is 10.2 Å². The molecule has 2 aromatic heterocycles. The number of hydrogen-bond acceptors (Lipinski definition) is 6. The molecule has 2 atom stereocenters. The number of thiophene rings is 1. The average Bonchev–Trinajstić information content (AvgIpc) is 3.37. The Kier molecular flexibility index (Phi) is 4.86. The molecule has 0 spiro atoms. The van der Waals surface area contributed by atoms with Crippen LogP contribution in [0.5, 0.6) is 0 Å². The molecule has 1 aliphatic heterocycles. The minimum atomic E-state index is -0.0642. The number of nitrogens with zero attached hydrogens (tertiary/aromatic N) is 2. The molecular formula is C20H24N2O3S2. The third-order valence-corrected chi connectivity index (χ3v) is 8.44. The summed E-state index contributed by atoms with van der Waals surface area (Å²) >= 11 is 3.18. The van der Waals surface area contributed by atoms with E-state index in [9.17, 15) is 9.59 Å². The Balaban J connectivity index is 1.58. The standard InChI is InChI=1S/C20H24N2O3S2/c23-14-7-1-2-8-16(14)27-20-21-18-17(13-6-3-9-15(13)26-18)19(24)22(20)11-12-5-4-10-25-12/h12,16H,1-11H2/t12-,16-/m0/s1.